The summed E-state index contributed by atoms with van der Waals surface area (Å²) in [6.07, 6.45) is 4.60. The lowest BCUT2D eigenvalue weighted by atomic mass is 10.0. The molecule has 0 atom stereocenters. The highest BCUT2D eigenvalue weighted by Gasteiger charge is 2.23. The minimum Gasteiger partial charge on any atom is -0.492 e. The SMILES string of the molecule is CCC(CC)(CNCCOc1ccc(Br)cc1)SC. The van der Waals surface area contributed by atoms with Gasteiger partial charge in [-0.2, -0.15) is 11.8 Å². The lowest BCUT2D eigenvalue weighted by molar-refractivity contribution is 0.310. The van der Waals surface area contributed by atoms with Gasteiger partial charge in [0.1, 0.15) is 12.4 Å². The fourth-order valence-corrected chi connectivity index (χ4v) is 3.04. The van der Waals surface area contributed by atoms with Gasteiger partial charge in [0.15, 0.2) is 0 Å². The number of benzene rings is 1. The Hall–Kier alpha value is -0.190. The monoisotopic (exact) mass is 345 g/mol. The van der Waals surface area contributed by atoms with Gasteiger partial charge in [0.25, 0.3) is 0 Å². The quantitative estimate of drug-likeness (QED) is 0.672. The van der Waals surface area contributed by atoms with Crippen LogP contribution in [-0.2, 0) is 0 Å². The van der Waals surface area contributed by atoms with Crippen molar-refractivity contribution in [2.45, 2.75) is 31.4 Å². The minimum absolute atomic E-state index is 0.373. The first-order chi connectivity index (χ1) is 9.15. The van der Waals surface area contributed by atoms with Crippen molar-refractivity contribution in [1.29, 1.82) is 0 Å². The van der Waals surface area contributed by atoms with E-state index in [1.54, 1.807) is 0 Å². The third kappa shape index (κ3) is 5.76. The fourth-order valence-electron chi connectivity index (χ4n) is 1.95. The van der Waals surface area contributed by atoms with E-state index < -0.39 is 0 Å². The topological polar surface area (TPSA) is 21.3 Å². The molecule has 0 aliphatic rings. The predicted octanol–water partition coefficient (Wildman–Crippen LogP) is 4.34. The van der Waals surface area contributed by atoms with E-state index in [0.717, 1.165) is 23.3 Å². The average Bonchev–Trinajstić information content (AvgIpc) is 2.45. The summed E-state index contributed by atoms with van der Waals surface area (Å²) in [4.78, 5) is 0. The van der Waals surface area contributed by atoms with Crippen molar-refractivity contribution in [3.63, 3.8) is 0 Å². The molecule has 0 aliphatic heterocycles. The summed E-state index contributed by atoms with van der Waals surface area (Å²) < 4.78 is 7.14. The molecule has 0 radical (unpaired) electrons. The molecule has 2 nitrogen and oxygen atoms in total. The second kappa shape index (κ2) is 8.88. The van der Waals surface area contributed by atoms with Crippen molar-refractivity contribution in [3.8, 4) is 5.75 Å². The smallest absolute Gasteiger partial charge is 0.119 e. The van der Waals surface area contributed by atoms with Crippen LogP contribution in [-0.4, -0.2) is 30.7 Å². The maximum absolute atomic E-state index is 5.69. The largest absolute Gasteiger partial charge is 0.492 e. The van der Waals surface area contributed by atoms with Crippen LogP contribution in [0.2, 0.25) is 0 Å². The minimum atomic E-state index is 0.373. The maximum atomic E-state index is 5.69. The molecule has 1 aromatic rings. The Morgan fingerprint density at radius 3 is 2.37 bits per heavy atom. The summed E-state index contributed by atoms with van der Waals surface area (Å²) in [5, 5.41) is 3.51. The highest BCUT2D eigenvalue weighted by atomic mass is 79.9. The van der Waals surface area contributed by atoms with E-state index in [1.807, 2.05) is 36.0 Å². The molecule has 1 rings (SSSR count). The summed E-state index contributed by atoms with van der Waals surface area (Å²) >= 11 is 5.38. The average molecular weight is 346 g/mol. The van der Waals surface area contributed by atoms with Crippen molar-refractivity contribution in [1.82, 2.24) is 5.32 Å². The number of nitrogens with one attached hydrogen (secondary N) is 1. The number of hydrogen-bond donors (Lipinski definition) is 1. The van der Waals surface area contributed by atoms with E-state index in [0.29, 0.717) is 11.4 Å². The highest BCUT2D eigenvalue weighted by molar-refractivity contribution is 9.10. The standard InChI is InChI=1S/C15H24BrNOS/c1-4-15(5-2,19-3)12-17-10-11-18-14-8-6-13(16)7-9-14/h6-9,17H,4-5,10-12H2,1-3H3. The molecule has 1 aromatic carbocycles. The molecule has 4 heteroatoms. The second-order valence-corrected chi connectivity index (χ2v) is 6.76. The summed E-state index contributed by atoms with van der Waals surface area (Å²) in [5.74, 6) is 0.923. The summed E-state index contributed by atoms with van der Waals surface area (Å²) in [6.45, 7) is 7.17. The van der Waals surface area contributed by atoms with Gasteiger partial charge in [-0.3, -0.25) is 0 Å². The zero-order valence-electron chi connectivity index (χ0n) is 12.0. The molecule has 0 amide bonds. The third-order valence-electron chi connectivity index (χ3n) is 3.53. The molecule has 0 saturated heterocycles. The molecule has 108 valence electrons. The van der Waals surface area contributed by atoms with Crippen molar-refractivity contribution in [2.75, 3.05) is 26.0 Å². The van der Waals surface area contributed by atoms with Crippen molar-refractivity contribution in [2.24, 2.45) is 0 Å². The van der Waals surface area contributed by atoms with E-state index in [1.165, 1.54) is 12.8 Å². The predicted molar refractivity (Wildman–Crippen MR) is 89.3 cm³/mol. The van der Waals surface area contributed by atoms with Gasteiger partial charge in [0, 0.05) is 22.3 Å². The van der Waals surface area contributed by atoms with Crippen LogP contribution < -0.4 is 10.1 Å². The van der Waals surface area contributed by atoms with Gasteiger partial charge in [-0.1, -0.05) is 29.8 Å². The third-order valence-corrected chi connectivity index (χ3v) is 5.65. The van der Waals surface area contributed by atoms with Gasteiger partial charge in [-0.05, 0) is 43.4 Å². The zero-order chi connectivity index (χ0) is 14.1. The summed E-state index contributed by atoms with van der Waals surface area (Å²) in [7, 11) is 0. The first kappa shape index (κ1) is 16.9. The Labute approximate surface area is 129 Å². The molecular formula is C15H24BrNOS. The van der Waals surface area contributed by atoms with Crippen LogP contribution in [0.25, 0.3) is 0 Å². The van der Waals surface area contributed by atoms with E-state index >= 15 is 0 Å². The van der Waals surface area contributed by atoms with Crippen molar-refractivity contribution in [3.05, 3.63) is 28.7 Å². The molecule has 1 N–H and O–H groups in total. The van der Waals surface area contributed by atoms with Gasteiger partial charge in [0.05, 0.1) is 0 Å². The molecule has 0 heterocycles. The van der Waals surface area contributed by atoms with Crippen LogP contribution in [0, 0.1) is 0 Å². The van der Waals surface area contributed by atoms with Gasteiger partial charge < -0.3 is 10.1 Å². The Kier molecular flexibility index (Phi) is 7.88. The van der Waals surface area contributed by atoms with Gasteiger partial charge in [-0.25, -0.2) is 0 Å². The molecule has 0 aliphatic carbocycles. The number of ether oxygens (including phenoxy) is 1. The van der Waals surface area contributed by atoms with Crippen molar-refractivity contribution < 1.29 is 4.74 Å². The number of halogens is 1. The number of hydrogen-bond acceptors (Lipinski definition) is 3. The van der Waals surface area contributed by atoms with Crippen LogP contribution in [0.15, 0.2) is 28.7 Å². The normalized spacial score (nSPS) is 11.6. The Morgan fingerprint density at radius 1 is 1.21 bits per heavy atom. The summed E-state index contributed by atoms with van der Waals surface area (Å²) in [6, 6.07) is 7.95. The molecule has 0 aromatic heterocycles. The lowest BCUT2D eigenvalue weighted by Gasteiger charge is -2.29. The highest BCUT2D eigenvalue weighted by Crippen LogP contribution is 2.29. The maximum Gasteiger partial charge on any atom is 0.119 e. The van der Waals surface area contributed by atoms with Gasteiger partial charge >= 0.3 is 0 Å². The van der Waals surface area contributed by atoms with Gasteiger partial charge in [0.2, 0.25) is 0 Å². The summed E-state index contributed by atoms with van der Waals surface area (Å²) in [5.41, 5.74) is 0. The van der Waals surface area contributed by atoms with Crippen molar-refractivity contribution >= 4 is 27.7 Å². The Bertz CT molecular complexity index is 343. The first-order valence-corrected chi connectivity index (χ1v) is 8.82. The van der Waals surface area contributed by atoms with Gasteiger partial charge in [-0.15, -0.1) is 0 Å². The molecular weight excluding hydrogens is 322 g/mol. The van der Waals surface area contributed by atoms with Crippen LogP contribution in [0.3, 0.4) is 0 Å². The van der Waals surface area contributed by atoms with E-state index in [9.17, 15) is 0 Å². The molecule has 0 fully saturated rings. The number of rotatable bonds is 9. The van der Waals surface area contributed by atoms with Crippen LogP contribution in [0.1, 0.15) is 26.7 Å². The van der Waals surface area contributed by atoms with E-state index in [4.69, 9.17) is 4.74 Å². The molecule has 0 bridgehead atoms. The first-order valence-electron chi connectivity index (χ1n) is 6.80. The lowest BCUT2D eigenvalue weighted by Crippen LogP contribution is -2.38. The molecule has 0 unspecified atom stereocenters. The van der Waals surface area contributed by atoms with Crippen LogP contribution in [0.4, 0.5) is 0 Å². The second-order valence-electron chi connectivity index (χ2n) is 4.57. The molecule has 0 spiro atoms. The molecule has 0 saturated carbocycles. The van der Waals surface area contributed by atoms with Crippen LogP contribution >= 0.6 is 27.7 Å². The Balaban J connectivity index is 2.22. The fraction of sp³-hybridized carbons (Fsp3) is 0.600. The van der Waals surface area contributed by atoms with E-state index in [2.05, 4.69) is 41.3 Å². The molecule has 19 heavy (non-hydrogen) atoms. The Morgan fingerprint density at radius 2 is 1.84 bits per heavy atom. The van der Waals surface area contributed by atoms with E-state index in [-0.39, 0.29) is 0 Å². The number of thioether (sulfide) groups is 1. The van der Waals surface area contributed by atoms with Crippen LogP contribution in [0.5, 0.6) is 5.75 Å². The zero-order valence-corrected chi connectivity index (χ0v) is 14.4.